The van der Waals surface area contributed by atoms with Crippen molar-refractivity contribution in [1.29, 1.82) is 0 Å². The number of amides is 2. The molecule has 0 unspecified atom stereocenters. The molecule has 42 heavy (non-hydrogen) atoms. The van der Waals surface area contributed by atoms with E-state index in [0.29, 0.717) is 38.4 Å². The number of carbonyl (C=O) groups is 2. The number of aromatic nitrogens is 1. The molecule has 9 nitrogen and oxygen atoms in total. The van der Waals surface area contributed by atoms with Gasteiger partial charge in [0, 0.05) is 38.4 Å². The number of hydrogen-bond acceptors (Lipinski definition) is 5. The number of likely N-dealkylation sites (tertiary alicyclic amines) is 1. The fourth-order valence-corrected chi connectivity index (χ4v) is 8.28. The Labute approximate surface area is 252 Å². The summed E-state index contributed by atoms with van der Waals surface area (Å²) in [5.41, 5.74) is 0.873. The molecule has 1 aromatic heterocycles. The van der Waals surface area contributed by atoms with E-state index >= 15 is 0 Å². The molecule has 1 saturated carbocycles. The van der Waals surface area contributed by atoms with Gasteiger partial charge in [0.15, 0.2) is 0 Å². The number of sulfonamides is 1. The maximum absolute atomic E-state index is 13.9. The Hall–Kier alpha value is -2.20. The van der Waals surface area contributed by atoms with Crippen LogP contribution < -0.4 is 10.9 Å². The van der Waals surface area contributed by atoms with Gasteiger partial charge in [0.05, 0.1) is 5.25 Å². The largest absolute Gasteiger partial charge is 0.341 e. The van der Waals surface area contributed by atoms with E-state index in [1.807, 2.05) is 4.57 Å². The van der Waals surface area contributed by atoms with Crippen LogP contribution in [0.15, 0.2) is 10.9 Å². The zero-order valence-corrected chi connectivity index (χ0v) is 27.2. The van der Waals surface area contributed by atoms with Crippen molar-refractivity contribution in [2.75, 3.05) is 20.1 Å². The second kappa shape index (κ2) is 13.6. The van der Waals surface area contributed by atoms with Gasteiger partial charge in [-0.15, -0.1) is 0 Å². The Kier molecular flexibility index (Phi) is 10.6. The highest BCUT2D eigenvalue weighted by Crippen LogP contribution is 2.28. The van der Waals surface area contributed by atoms with E-state index in [-0.39, 0.29) is 23.1 Å². The SMILES string of the molecule is CC(C)S(=O)(=O)N(C)C1CCN(C(=O)C(C)(C)NC(=O)c2cc3c(n(CC4CCCCC4)c2=O)CCCCCC3)CC1. The average molecular weight is 605 g/mol. The second-order valence-corrected chi connectivity index (χ2v) is 16.1. The van der Waals surface area contributed by atoms with Gasteiger partial charge in [-0.2, -0.15) is 0 Å². The van der Waals surface area contributed by atoms with Crippen LogP contribution in [0.25, 0.3) is 0 Å². The van der Waals surface area contributed by atoms with Gasteiger partial charge < -0.3 is 14.8 Å². The van der Waals surface area contributed by atoms with E-state index < -0.39 is 26.7 Å². The van der Waals surface area contributed by atoms with Crippen molar-refractivity contribution in [1.82, 2.24) is 19.1 Å². The lowest BCUT2D eigenvalue weighted by Crippen LogP contribution is -2.59. The lowest BCUT2D eigenvalue weighted by molar-refractivity contribution is -0.138. The number of carbonyl (C=O) groups excluding carboxylic acids is 2. The fourth-order valence-electron chi connectivity index (χ4n) is 6.99. The first kappa shape index (κ1) is 32.7. The number of fused-ring (bicyclic) bond motifs is 1. The number of rotatable bonds is 8. The summed E-state index contributed by atoms with van der Waals surface area (Å²) in [5.74, 6) is -0.268. The third-order valence-electron chi connectivity index (χ3n) is 9.73. The van der Waals surface area contributed by atoms with Crippen LogP contribution in [0.3, 0.4) is 0 Å². The molecule has 2 heterocycles. The molecule has 236 valence electrons. The highest BCUT2D eigenvalue weighted by molar-refractivity contribution is 7.89. The lowest BCUT2D eigenvalue weighted by atomic mass is 9.88. The highest BCUT2D eigenvalue weighted by atomic mass is 32.2. The molecule has 1 saturated heterocycles. The van der Waals surface area contributed by atoms with Gasteiger partial charge >= 0.3 is 0 Å². The lowest BCUT2D eigenvalue weighted by Gasteiger charge is -2.39. The molecule has 0 spiro atoms. The number of hydrogen-bond donors (Lipinski definition) is 1. The maximum atomic E-state index is 13.9. The molecule has 2 aliphatic carbocycles. The third-order valence-corrected chi connectivity index (χ3v) is 12.0. The maximum Gasteiger partial charge on any atom is 0.263 e. The number of nitrogens with one attached hydrogen (secondary N) is 1. The first-order valence-electron chi connectivity index (χ1n) is 16.2. The first-order chi connectivity index (χ1) is 19.8. The van der Waals surface area contributed by atoms with Crippen LogP contribution in [0.2, 0.25) is 0 Å². The molecule has 10 heteroatoms. The molecule has 1 N–H and O–H groups in total. The van der Waals surface area contributed by atoms with Crippen molar-refractivity contribution in [2.45, 2.75) is 135 Å². The highest BCUT2D eigenvalue weighted by Gasteiger charge is 2.38. The summed E-state index contributed by atoms with van der Waals surface area (Å²) in [6.45, 7) is 8.20. The second-order valence-electron chi connectivity index (χ2n) is 13.6. The quantitative estimate of drug-likeness (QED) is 0.477. The Morgan fingerprint density at radius 3 is 2.19 bits per heavy atom. The molecule has 0 bridgehead atoms. The summed E-state index contributed by atoms with van der Waals surface area (Å²) < 4.78 is 28.6. The predicted octanol–water partition coefficient (Wildman–Crippen LogP) is 4.26. The van der Waals surface area contributed by atoms with Crippen molar-refractivity contribution in [3.8, 4) is 0 Å². The molecule has 0 aromatic carbocycles. The van der Waals surface area contributed by atoms with Crippen LogP contribution >= 0.6 is 0 Å². The monoisotopic (exact) mass is 604 g/mol. The van der Waals surface area contributed by atoms with Crippen LogP contribution in [0.5, 0.6) is 0 Å². The summed E-state index contributed by atoms with van der Waals surface area (Å²) in [6, 6.07) is 1.64. The number of aryl methyl sites for hydroxylation is 1. The van der Waals surface area contributed by atoms with Gasteiger partial charge in [-0.3, -0.25) is 14.4 Å². The fraction of sp³-hybridized carbons (Fsp3) is 0.781. The summed E-state index contributed by atoms with van der Waals surface area (Å²) in [5, 5.41) is 2.40. The van der Waals surface area contributed by atoms with Gasteiger partial charge in [0.1, 0.15) is 11.1 Å². The molecule has 0 atom stereocenters. The Bertz CT molecular complexity index is 1290. The Balaban J connectivity index is 1.50. The smallest absolute Gasteiger partial charge is 0.263 e. The van der Waals surface area contributed by atoms with E-state index in [0.717, 1.165) is 62.6 Å². The number of piperidine rings is 1. The summed E-state index contributed by atoms with van der Waals surface area (Å²) >= 11 is 0. The zero-order valence-electron chi connectivity index (χ0n) is 26.4. The van der Waals surface area contributed by atoms with Gasteiger partial charge in [-0.1, -0.05) is 32.1 Å². The predicted molar refractivity (Wildman–Crippen MR) is 166 cm³/mol. The first-order valence-corrected chi connectivity index (χ1v) is 17.7. The van der Waals surface area contributed by atoms with Gasteiger partial charge in [0.25, 0.3) is 11.5 Å². The zero-order chi connectivity index (χ0) is 30.7. The van der Waals surface area contributed by atoms with Crippen LogP contribution in [-0.2, 0) is 34.2 Å². The molecule has 1 aromatic rings. The van der Waals surface area contributed by atoms with Crippen molar-refractivity contribution >= 4 is 21.8 Å². The van der Waals surface area contributed by atoms with E-state index in [1.165, 1.54) is 23.6 Å². The van der Waals surface area contributed by atoms with E-state index in [1.54, 1.807) is 45.7 Å². The van der Waals surface area contributed by atoms with Crippen molar-refractivity contribution in [2.24, 2.45) is 5.92 Å². The van der Waals surface area contributed by atoms with E-state index in [4.69, 9.17) is 0 Å². The molecule has 0 radical (unpaired) electrons. The standard InChI is InChI=1S/C32H52N4O5S/c1-23(2)42(40,41)34(5)26-17-19-35(20-18-26)31(39)32(3,4)33-29(37)27-21-25-15-11-6-7-12-16-28(25)36(30(27)38)22-24-13-9-8-10-14-24/h21,23-24,26H,6-20,22H2,1-5H3,(H,33,37). The topological polar surface area (TPSA) is 109 Å². The van der Waals surface area contributed by atoms with Gasteiger partial charge in [-0.05, 0) is 96.6 Å². The molecular weight excluding hydrogens is 552 g/mol. The van der Waals surface area contributed by atoms with Crippen LogP contribution in [0.1, 0.15) is 120 Å². The molecule has 1 aliphatic heterocycles. The third kappa shape index (κ3) is 7.29. The number of pyridine rings is 1. The summed E-state index contributed by atoms with van der Waals surface area (Å²) in [6.07, 6.45) is 13.1. The van der Waals surface area contributed by atoms with Crippen molar-refractivity contribution in [3.05, 3.63) is 33.2 Å². The minimum absolute atomic E-state index is 0.130. The Morgan fingerprint density at radius 1 is 0.976 bits per heavy atom. The minimum atomic E-state index is -3.38. The normalized spacial score (nSPS) is 19.8. The van der Waals surface area contributed by atoms with Crippen LogP contribution in [0.4, 0.5) is 0 Å². The van der Waals surface area contributed by atoms with Crippen LogP contribution in [-0.4, -0.2) is 71.0 Å². The van der Waals surface area contributed by atoms with Crippen molar-refractivity contribution < 1.29 is 18.0 Å². The molecular formula is C32H52N4O5S. The Morgan fingerprint density at radius 2 is 1.57 bits per heavy atom. The summed E-state index contributed by atoms with van der Waals surface area (Å²) in [7, 11) is -1.76. The average Bonchev–Trinajstić information content (AvgIpc) is 2.94. The van der Waals surface area contributed by atoms with Gasteiger partial charge in [-0.25, -0.2) is 12.7 Å². The molecule has 2 amide bonds. The van der Waals surface area contributed by atoms with Crippen molar-refractivity contribution in [3.63, 3.8) is 0 Å². The van der Waals surface area contributed by atoms with Gasteiger partial charge in [0.2, 0.25) is 15.9 Å². The molecule has 3 aliphatic rings. The summed E-state index contributed by atoms with van der Waals surface area (Å²) in [4.78, 5) is 42.9. The number of nitrogens with zero attached hydrogens (tertiary/aromatic N) is 3. The molecule has 2 fully saturated rings. The van der Waals surface area contributed by atoms with E-state index in [2.05, 4.69) is 5.32 Å². The minimum Gasteiger partial charge on any atom is -0.341 e. The van der Waals surface area contributed by atoms with E-state index in [9.17, 15) is 22.8 Å². The van der Waals surface area contributed by atoms with Crippen LogP contribution in [0, 0.1) is 5.92 Å². The molecule has 4 rings (SSSR count).